The summed E-state index contributed by atoms with van der Waals surface area (Å²) >= 11 is 0. The van der Waals surface area contributed by atoms with Gasteiger partial charge >= 0.3 is 5.69 Å². The molecule has 3 heterocycles. The number of aliphatic imine (C=N–C) groups is 1. The number of nitrogens with two attached hydrogens (primary N) is 2. The Kier molecular flexibility index (Phi) is 15.1. The third-order valence-corrected chi connectivity index (χ3v) is 13.6. The summed E-state index contributed by atoms with van der Waals surface area (Å²) in [5.74, 6) is -0.445. The number of ketones is 2. The Balaban J connectivity index is 0.910. The molecule has 13 nitrogen and oxygen atoms in total. The van der Waals surface area contributed by atoms with Crippen LogP contribution < -0.4 is 32.7 Å². The fraction of sp³-hybridized carbons (Fsp3) is 0.510. The second-order valence-electron chi connectivity index (χ2n) is 17.7. The molecule has 1 saturated heterocycles. The van der Waals surface area contributed by atoms with Crippen molar-refractivity contribution in [2.75, 3.05) is 18.5 Å². The van der Waals surface area contributed by atoms with Crippen LogP contribution in [0.3, 0.4) is 0 Å². The van der Waals surface area contributed by atoms with E-state index >= 15 is 0 Å². The van der Waals surface area contributed by atoms with Crippen molar-refractivity contribution in [3.63, 3.8) is 0 Å². The number of unbranched alkanes of at least 4 members (excludes halogenated alkanes) is 4. The van der Waals surface area contributed by atoms with Crippen molar-refractivity contribution in [1.82, 2.24) is 19.8 Å². The number of aromatic nitrogens is 2. The number of aryl methyl sites for hydroxylation is 2. The van der Waals surface area contributed by atoms with Crippen LogP contribution in [0.1, 0.15) is 132 Å². The number of hydrogen-bond donors (Lipinski definition) is 4. The monoisotopic (exact) mass is 880 g/mol. The van der Waals surface area contributed by atoms with E-state index in [4.69, 9.17) is 11.5 Å². The number of hydrogen-bond acceptors (Lipinski definition) is 10. The molecule has 2 fully saturated rings. The van der Waals surface area contributed by atoms with Gasteiger partial charge < -0.3 is 21.7 Å². The Morgan fingerprint density at radius 1 is 0.984 bits per heavy atom. The van der Waals surface area contributed by atoms with Crippen LogP contribution in [0.2, 0.25) is 0 Å². The quantitative estimate of drug-likeness (QED) is 0.0589. The van der Waals surface area contributed by atoms with E-state index in [1.165, 1.54) is 23.0 Å². The molecule has 64 heavy (non-hydrogen) atoms. The largest absolute Gasteiger partial charge is 0.404 e. The molecule has 0 bridgehead atoms. The molecule has 0 radical (unpaired) electrons. The lowest BCUT2D eigenvalue weighted by Gasteiger charge is -2.40. The van der Waals surface area contributed by atoms with Gasteiger partial charge in [-0.15, -0.1) is 0 Å². The second-order valence-corrected chi connectivity index (χ2v) is 17.7. The van der Waals surface area contributed by atoms with Crippen molar-refractivity contribution in [2.24, 2.45) is 22.4 Å². The number of imide groups is 1. The Labute approximate surface area is 373 Å². The fourth-order valence-electron chi connectivity index (χ4n) is 10.2. The van der Waals surface area contributed by atoms with E-state index in [1.54, 1.807) is 24.6 Å². The molecule has 2 atom stereocenters. The number of benzene rings is 2. The number of fused-ring (bicyclic) bond motifs is 2. The number of piperidine rings is 1. The zero-order valence-corrected chi connectivity index (χ0v) is 37.1. The van der Waals surface area contributed by atoms with Crippen LogP contribution in [0.4, 0.5) is 14.5 Å². The summed E-state index contributed by atoms with van der Waals surface area (Å²) in [7, 11) is 1.57. The van der Waals surface area contributed by atoms with Crippen molar-refractivity contribution in [1.29, 1.82) is 0 Å². The zero-order chi connectivity index (χ0) is 45.5. The molecule has 6 N–H and O–H groups in total. The predicted molar refractivity (Wildman–Crippen MR) is 246 cm³/mol. The Hall–Kier alpha value is -5.70. The lowest BCUT2D eigenvalue weighted by molar-refractivity contribution is -0.135. The van der Waals surface area contributed by atoms with Crippen LogP contribution in [0.25, 0.3) is 16.6 Å². The lowest BCUT2D eigenvalue weighted by atomic mass is 9.81. The number of para-hydroxylation sites is 2. The SMILES string of the molecule is CN=CC(=CN)c1cc2c(cc1C(F)F)N(C(N)C1=C(NC3CCC(C(=O)CCCCCCCn4c(=O)n(C5CCC(=O)NC5=O)c5ccccc54)CC3)CC=C(C(C)=O)C1)CCC2. The predicted octanol–water partition coefficient (Wildman–Crippen LogP) is 7.08. The van der Waals surface area contributed by atoms with E-state index in [9.17, 15) is 32.8 Å². The first-order valence-corrected chi connectivity index (χ1v) is 23.0. The van der Waals surface area contributed by atoms with E-state index in [2.05, 4.69) is 15.6 Å². The number of anilines is 1. The molecule has 3 aromatic rings. The number of Topliss-reactive ketones (excluding diaryl/α,β-unsaturated/α-hetero) is 2. The molecule has 7 rings (SSSR count). The van der Waals surface area contributed by atoms with Gasteiger partial charge in [0.05, 0.1) is 11.0 Å². The van der Waals surface area contributed by atoms with E-state index in [-0.39, 0.29) is 41.3 Å². The average Bonchev–Trinajstić information content (AvgIpc) is 3.57. The van der Waals surface area contributed by atoms with Gasteiger partial charge in [0.25, 0.3) is 6.43 Å². The van der Waals surface area contributed by atoms with Crippen LogP contribution >= 0.6 is 0 Å². The highest BCUT2D eigenvalue weighted by Crippen LogP contribution is 2.40. The van der Waals surface area contributed by atoms with Gasteiger partial charge in [-0.25, -0.2) is 13.6 Å². The smallest absolute Gasteiger partial charge is 0.329 e. The molecular weight excluding hydrogens is 819 g/mol. The minimum Gasteiger partial charge on any atom is -0.404 e. The topological polar surface area (TPSA) is 187 Å². The van der Waals surface area contributed by atoms with Crippen molar-refractivity contribution >= 4 is 51.9 Å². The average molecular weight is 881 g/mol. The summed E-state index contributed by atoms with van der Waals surface area (Å²) in [6.45, 7) is 2.66. The molecule has 4 aliphatic rings. The van der Waals surface area contributed by atoms with Gasteiger partial charge in [0, 0.05) is 92.7 Å². The van der Waals surface area contributed by atoms with Crippen LogP contribution in [0.5, 0.6) is 0 Å². The maximum absolute atomic E-state index is 14.6. The highest BCUT2D eigenvalue weighted by Gasteiger charge is 2.34. The summed E-state index contributed by atoms with van der Waals surface area (Å²) in [5, 5.41) is 6.13. The lowest BCUT2D eigenvalue weighted by Crippen LogP contribution is -2.48. The number of carbonyl (C=O) groups is 4. The number of rotatable bonds is 18. The number of nitrogens with one attached hydrogen (secondary N) is 2. The van der Waals surface area contributed by atoms with Gasteiger partial charge in [-0.05, 0) is 111 Å². The Bertz CT molecular complexity index is 2440. The van der Waals surface area contributed by atoms with Crippen molar-refractivity contribution in [3.8, 4) is 0 Å². The van der Waals surface area contributed by atoms with Gasteiger partial charge in [0.15, 0.2) is 5.78 Å². The molecule has 0 spiro atoms. The standard InChI is InChI=1S/C49H62F2N8O5/c1-30(60)32-17-20-39(38(25-32)47(53)57-24-10-11-33-26-36(34(28-52)29-54-2)37(46(50)51)27-43(33)57)55-35-18-15-31(16-19-35)44(61)14-6-4-3-5-9-23-58-40-12-7-8-13-41(40)59(49(58)64)42-21-22-45(62)56-48(42)63/h7-8,12-13,17,26-29,31,35,42,46-47,55H,3-6,9-11,14-16,18-25,52-53H2,1-2H3,(H,56,62,63). The Morgan fingerprint density at radius 2 is 1.72 bits per heavy atom. The summed E-state index contributed by atoms with van der Waals surface area (Å²) in [4.78, 5) is 69.9. The van der Waals surface area contributed by atoms with E-state index in [1.807, 2.05) is 35.2 Å². The maximum atomic E-state index is 14.6. The number of nitrogens with zero attached hydrogens (tertiary/aromatic N) is 4. The van der Waals surface area contributed by atoms with Crippen molar-refractivity contribution in [3.05, 3.63) is 92.7 Å². The molecule has 2 unspecified atom stereocenters. The second kappa shape index (κ2) is 20.9. The van der Waals surface area contributed by atoms with Crippen molar-refractivity contribution in [2.45, 2.75) is 141 Å². The number of amides is 2. The molecule has 2 aromatic carbocycles. The van der Waals surface area contributed by atoms with Gasteiger partial charge in [-0.2, -0.15) is 0 Å². The van der Waals surface area contributed by atoms with Crippen LogP contribution in [0.15, 0.2) is 75.3 Å². The van der Waals surface area contributed by atoms with E-state index < -0.39 is 24.5 Å². The summed E-state index contributed by atoms with van der Waals surface area (Å²) < 4.78 is 32.4. The van der Waals surface area contributed by atoms with Gasteiger partial charge in [0.2, 0.25) is 11.8 Å². The maximum Gasteiger partial charge on any atom is 0.329 e. The summed E-state index contributed by atoms with van der Waals surface area (Å²) in [6, 6.07) is 10.2. The van der Waals surface area contributed by atoms with E-state index in [0.29, 0.717) is 78.9 Å². The Morgan fingerprint density at radius 3 is 2.42 bits per heavy atom. The highest BCUT2D eigenvalue weighted by molar-refractivity contribution is 6.10. The number of carbonyl (C=O) groups excluding carboxylic acids is 4. The third kappa shape index (κ3) is 10.1. The number of alkyl halides is 2. The van der Waals surface area contributed by atoms with Gasteiger partial charge in [-0.1, -0.05) is 37.5 Å². The highest BCUT2D eigenvalue weighted by atomic mass is 19.3. The third-order valence-electron chi connectivity index (χ3n) is 13.6. The molecular formula is C49H62F2N8O5. The number of allylic oxidation sites excluding steroid dienone is 3. The first kappa shape index (κ1) is 46.3. The first-order chi connectivity index (χ1) is 30.9. The molecule has 1 aromatic heterocycles. The first-order valence-electron chi connectivity index (χ1n) is 23.0. The van der Waals surface area contributed by atoms with Crippen LogP contribution in [-0.4, -0.2) is 64.5 Å². The molecule has 342 valence electrons. The zero-order valence-electron chi connectivity index (χ0n) is 37.1. The number of halogens is 2. The van der Waals surface area contributed by atoms with E-state index in [0.717, 1.165) is 86.6 Å². The molecule has 2 aliphatic heterocycles. The summed E-state index contributed by atoms with van der Waals surface area (Å²) in [6.07, 6.45) is 12.4. The van der Waals surface area contributed by atoms with Gasteiger partial charge in [0.1, 0.15) is 18.0 Å². The molecule has 2 aliphatic carbocycles. The molecule has 15 heteroatoms. The molecule has 1 saturated carbocycles. The normalized spacial score (nSPS) is 21.3. The van der Waals surface area contributed by atoms with Crippen LogP contribution in [-0.2, 0) is 32.1 Å². The fourth-order valence-corrected chi connectivity index (χ4v) is 10.2. The van der Waals surface area contributed by atoms with Crippen LogP contribution in [0, 0.1) is 5.92 Å². The number of imidazole rings is 1. The van der Waals surface area contributed by atoms with Crippen molar-refractivity contribution < 1.29 is 28.0 Å². The van der Waals surface area contributed by atoms with Gasteiger partial charge in [-0.3, -0.25) is 38.6 Å². The molecule has 2 amide bonds. The minimum atomic E-state index is -2.74. The minimum absolute atomic E-state index is 0.0186. The summed E-state index contributed by atoms with van der Waals surface area (Å²) in [5.41, 5.74) is 18.9.